The minimum atomic E-state index is -0.541. The number of carbonyl (C=O) groups excluding carboxylic acids is 2. The Morgan fingerprint density at radius 3 is 2.88 bits per heavy atom. The van der Waals surface area contributed by atoms with Gasteiger partial charge in [0.05, 0.1) is 23.6 Å². The molecule has 0 radical (unpaired) electrons. The molecule has 24 heavy (non-hydrogen) atoms. The average Bonchev–Trinajstić information content (AvgIpc) is 2.93. The molecular weight excluding hydrogens is 314 g/mol. The van der Waals surface area contributed by atoms with Crippen molar-refractivity contribution in [3.05, 3.63) is 28.3 Å². The molecule has 0 aliphatic carbocycles. The molecular formula is C16H21N3O5. The number of rotatable bonds is 7. The standard InChI is InChI=1S/C16H21N3O5/c1-3-4-7-18-10-11(8-15(18)20)16(21)17-13-9-12(19(22)23)5-6-14(13)24-2/h5-6,9,11H,3-4,7-8,10H2,1-2H3,(H,17,21)/t11-/m1/s1. The molecule has 1 saturated heterocycles. The zero-order valence-electron chi connectivity index (χ0n) is 13.8. The number of amides is 2. The maximum atomic E-state index is 12.4. The number of benzene rings is 1. The van der Waals surface area contributed by atoms with E-state index in [1.54, 1.807) is 4.90 Å². The number of carbonyl (C=O) groups is 2. The van der Waals surface area contributed by atoms with Crippen LogP contribution in [0.3, 0.4) is 0 Å². The Morgan fingerprint density at radius 1 is 1.50 bits per heavy atom. The third-order valence-electron chi connectivity index (χ3n) is 4.02. The first-order valence-electron chi connectivity index (χ1n) is 7.87. The summed E-state index contributed by atoms with van der Waals surface area (Å²) in [5.74, 6) is -0.491. The van der Waals surface area contributed by atoms with Crippen LogP contribution in [0.5, 0.6) is 5.75 Å². The second-order valence-electron chi connectivity index (χ2n) is 5.73. The zero-order valence-corrected chi connectivity index (χ0v) is 13.8. The van der Waals surface area contributed by atoms with E-state index >= 15 is 0 Å². The molecule has 0 aromatic heterocycles. The van der Waals surface area contributed by atoms with Gasteiger partial charge in [0.25, 0.3) is 5.69 Å². The fourth-order valence-corrected chi connectivity index (χ4v) is 2.65. The summed E-state index contributed by atoms with van der Waals surface area (Å²) in [7, 11) is 1.42. The van der Waals surface area contributed by atoms with Crippen molar-refractivity contribution in [2.75, 3.05) is 25.5 Å². The van der Waals surface area contributed by atoms with Crippen molar-refractivity contribution < 1.29 is 19.2 Å². The first kappa shape index (κ1) is 17.7. The average molecular weight is 335 g/mol. The summed E-state index contributed by atoms with van der Waals surface area (Å²) >= 11 is 0. The number of non-ortho nitro benzene ring substituents is 1. The van der Waals surface area contributed by atoms with E-state index in [9.17, 15) is 19.7 Å². The van der Waals surface area contributed by atoms with Gasteiger partial charge in [0.1, 0.15) is 5.75 Å². The predicted molar refractivity (Wildman–Crippen MR) is 87.9 cm³/mol. The summed E-state index contributed by atoms with van der Waals surface area (Å²) < 4.78 is 5.12. The second kappa shape index (κ2) is 7.76. The van der Waals surface area contributed by atoms with Gasteiger partial charge >= 0.3 is 0 Å². The normalized spacial score (nSPS) is 17.0. The molecule has 8 nitrogen and oxygen atoms in total. The Morgan fingerprint density at radius 2 is 2.25 bits per heavy atom. The lowest BCUT2D eigenvalue weighted by Gasteiger charge is -2.16. The molecule has 0 unspecified atom stereocenters. The fraction of sp³-hybridized carbons (Fsp3) is 0.500. The van der Waals surface area contributed by atoms with E-state index in [0.29, 0.717) is 18.8 Å². The zero-order chi connectivity index (χ0) is 17.7. The Bertz CT molecular complexity index is 647. The van der Waals surface area contributed by atoms with Crippen LogP contribution in [-0.4, -0.2) is 41.8 Å². The van der Waals surface area contributed by atoms with Gasteiger partial charge in [-0.1, -0.05) is 13.3 Å². The molecule has 1 aliphatic heterocycles. The molecule has 1 atom stereocenters. The van der Waals surface area contributed by atoms with E-state index < -0.39 is 10.8 Å². The summed E-state index contributed by atoms with van der Waals surface area (Å²) in [6.07, 6.45) is 2.04. The minimum Gasteiger partial charge on any atom is -0.495 e. The molecule has 1 aromatic carbocycles. The van der Waals surface area contributed by atoms with Crippen molar-refractivity contribution in [2.45, 2.75) is 26.2 Å². The van der Waals surface area contributed by atoms with Crippen molar-refractivity contribution in [1.82, 2.24) is 4.90 Å². The van der Waals surface area contributed by atoms with Gasteiger partial charge < -0.3 is 15.0 Å². The number of nitro benzene ring substituents is 1. The van der Waals surface area contributed by atoms with Crippen LogP contribution in [0.15, 0.2) is 18.2 Å². The van der Waals surface area contributed by atoms with E-state index in [1.165, 1.54) is 25.3 Å². The van der Waals surface area contributed by atoms with Crippen LogP contribution in [0, 0.1) is 16.0 Å². The molecule has 130 valence electrons. The second-order valence-corrected chi connectivity index (χ2v) is 5.73. The Kier molecular flexibility index (Phi) is 5.73. The fourth-order valence-electron chi connectivity index (χ4n) is 2.65. The van der Waals surface area contributed by atoms with E-state index in [2.05, 4.69) is 5.32 Å². The van der Waals surface area contributed by atoms with E-state index in [4.69, 9.17) is 4.74 Å². The molecule has 1 fully saturated rings. The van der Waals surface area contributed by atoms with Crippen molar-refractivity contribution in [1.29, 1.82) is 0 Å². The summed E-state index contributed by atoms with van der Waals surface area (Å²) in [6, 6.07) is 3.99. The first-order chi connectivity index (χ1) is 11.5. The van der Waals surface area contributed by atoms with Gasteiger partial charge in [0.15, 0.2) is 0 Å². The van der Waals surface area contributed by atoms with Gasteiger partial charge in [-0.15, -0.1) is 0 Å². The molecule has 2 rings (SSSR count). The highest BCUT2D eigenvalue weighted by Crippen LogP contribution is 2.30. The quantitative estimate of drug-likeness (QED) is 0.608. The number of nitrogens with zero attached hydrogens (tertiary/aromatic N) is 2. The van der Waals surface area contributed by atoms with Crippen LogP contribution in [0.25, 0.3) is 0 Å². The van der Waals surface area contributed by atoms with Crippen molar-refractivity contribution >= 4 is 23.2 Å². The Hall–Kier alpha value is -2.64. The molecule has 0 bridgehead atoms. The van der Waals surface area contributed by atoms with Gasteiger partial charge in [-0.2, -0.15) is 0 Å². The number of nitrogens with one attached hydrogen (secondary N) is 1. The molecule has 0 spiro atoms. The van der Waals surface area contributed by atoms with Crippen LogP contribution in [0.4, 0.5) is 11.4 Å². The SMILES string of the molecule is CCCCN1C[C@H](C(=O)Nc2cc([N+](=O)[O-])ccc2OC)CC1=O. The van der Waals surface area contributed by atoms with Crippen LogP contribution >= 0.6 is 0 Å². The Labute approximate surface area is 139 Å². The maximum absolute atomic E-state index is 12.4. The molecule has 2 amide bonds. The van der Waals surface area contributed by atoms with E-state index in [0.717, 1.165) is 12.8 Å². The summed E-state index contributed by atoms with van der Waals surface area (Å²) in [5, 5.41) is 13.5. The van der Waals surface area contributed by atoms with Crippen molar-refractivity contribution in [3.63, 3.8) is 0 Å². The van der Waals surface area contributed by atoms with Crippen LogP contribution < -0.4 is 10.1 Å². The van der Waals surface area contributed by atoms with Gasteiger partial charge in [0, 0.05) is 31.6 Å². The third-order valence-corrected chi connectivity index (χ3v) is 4.02. The lowest BCUT2D eigenvalue weighted by Crippen LogP contribution is -2.29. The molecule has 1 aromatic rings. The number of anilines is 1. The van der Waals surface area contributed by atoms with Gasteiger partial charge in [-0.05, 0) is 12.5 Å². The summed E-state index contributed by atoms with van der Waals surface area (Å²) in [6.45, 7) is 3.07. The van der Waals surface area contributed by atoms with Gasteiger partial charge in [-0.25, -0.2) is 0 Å². The predicted octanol–water partition coefficient (Wildman–Crippen LogP) is 2.19. The molecule has 1 heterocycles. The number of methoxy groups -OCH3 is 1. The lowest BCUT2D eigenvalue weighted by atomic mass is 10.1. The monoisotopic (exact) mass is 335 g/mol. The van der Waals surface area contributed by atoms with Crippen molar-refractivity contribution in [3.8, 4) is 5.75 Å². The number of hydrogen-bond acceptors (Lipinski definition) is 5. The summed E-state index contributed by atoms with van der Waals surface area (Å²) in [5.41, 5.74) is 0.0920. The number of nitro groups is 1. The van der Waals surface area contributed by atoms with Crippen LogP contribution in [0.2, 0.25) is 0 Å². The molecule has 0 saturated carbocycles. The number of hydrogen-bond donors (Lipinski definition) is 1. The Balaban J connectivity index is 2.08. The maximum Gasteiger partial charge on any atom is 0.271 e. The lowest BCUT2D eigenvalue weighted by molar-refractivity contribution is -0.384. The highest BCUT2D eigenvalue weighted by molar-refractivity contribution is 5.98. The summed E-state index contributed by atoms with van der Waals surface area (Å²) in [4.78, 5) is 36.4. The van der Waals surface area contributed by atoms with E-state index in [-0.39, 0.29) is 29.6 Å². The number of unbranched alkanes of at least 4 members (excludes halogenated alkanes) is 1. The highest BCUT2D eigenvalue weighted by atomic mass is 16.6. The van der Waals surface area contributed by atoms with Gasteiger partial charge in [-0.3, -0.25) is 19.7 Å². The molecule has 1 N–H and O–H groups in total. The molecule has 8 heteroatoms. The van der Waals surface area contributed by atoms with Gasteiger partial charge in [0.2, 0.25) is 11.8 Å². The highest BCUT2D eigenvalue weighted by Gasteiger charge is 2.34. The topological polar surface area (TPSA) is 102 Å². The minimum absolute atomic E-state index is 0.0328. The van der Waals surface area contributed by atoms with E-state index in [1.807, 2.05) is 6.92 Å². The van der Waals surface area contributed by atoms with Crippen LogP contribution in [0.1, 0.15) is 26.2 Å². The molecule has 1 aliphatic rings. The number of likely N-dealkylation sites (tertiary alicyclic amines) is 1. The largest absolute Gasteiger partial charge is 0.495 e. The first-order valence-corrected chi connectivity index (χ1v) is 7.87. The van der Waals surface area contributed by atoms with Crippen molar-refractivity contribution in [2.24, 2.45) is 5.92 Å². The third kappa shape index (κ3) is 4.01. The smallest absolute Gasteiger partial charge is 0.271 e. The number of ether oxygens (including phenoxy) is 1. The van der Waals surface area contributed by atoms with Crippen LogP contribution in [-0.2, 0) is 9.59 Å².